The van der Waals surface area contributed by atoms with E-state index in [1.54, 1.807) is 0 Å². The summed E-state index contributed by atoms with van der Waals surface area (Å²) in [5.41, 5.74) is 6.46. The van der Waals surface area contributed by atoms with Gasteiger partial charge in [-0.05, 0) is 31.6 Å². The molecule has 18 heavy (non-hydrogen) atoms. The maximum absolute atomic E-state index is 6.18. The van der Waals surface area contributed by atoms with E-state index in [4.69, 9.17) is 5.73 Å². The average molecular weight is 271 g/mol. The van der Waals surface area contributed by atoms with Gasteiger partial charge in [0.25, 0.3) is 0 Å². The van der Waals surface area contributed by atoms with Crippen LogP contribution in [0.25, 0.3) is 0 Å². The predicted octanol–water partition coefficient (Wildman–Crippen LogP) is 1.63. The quantitative estimate of drug-likeness (QED) is 0.842. The number of thioether (sulfide) groups is 1. The van der Waals surface area contributed by atoms with Crippen LogP contribution in [0.2, 0.25) is 0 Å². The lowest BCUT2D eigenvalue weighted by molar-refractivity contribution is 0.0291. The van der Waals surface area contributed by atoms with Gasteiger partial charge in [-0.15, -0.1) is 0 Å². The number of hydrogen-bond donors (Lipinski definition) is 1. The molecule has 0 aromatic carbocycles. The highest BCUT2D eigenvalue weighted by Crippen LogP contribution is 2.38. The second-order valence-corrected chi connectivity index (χ2v) is 7.20. The van der Waals surface area contributed by atoms with Gasteiger partial charge in [0.05, 0.1) is 0 Å². The molecule has 2 atom stereocenters. The van der Waals surface area contributed by atoms with Gasteiger partial charge in [-0.1, -0.05) is 13.8 Å². The van der Waals surface area contributed by atoms with Gasteiger partial charge in [0, 0.05) is 43.5 Å². The third-order valence-electron chi connectivity index (χ3n) is 4.77. The first-order valence-electron chi connectivity index (χ1n) is 7.52. The first-order valence-corrected chi connectivity index (χ1v) is 8.57. The van der Waals surface area contributed by atoms with Crippen molar-refractivity contribution < 1.29 is 0 Å². The van der Waals surface area contributed by atoms with Crippen LogP contribution in [-0.2, 0) is 0 Å². The molecule has 0 saturated carbocycles. The lowest BCUT2D eigenvalue weighted by Gasteiger charge is -2.52. The van der Waals surface area contributed by atoms with Crippen LogP contribution < -0.4 is 5.73 Å². The second kappa shape index (κ2) is 6.60. The van der Waals surface area contributed by atoms with Crippen LogP contribution in [0, 0.1) is 0 Å². The van der Waals surface area contributed by atoms with E-state index in [9.17, 15) is 0 Å². The predicted molar refractivity (Wildman–Crippen MR) is 81.2 cm³/mol. The van der Waals surface area contributed by atoms with E-state index in [0.717, 1.165) is 6.54 Å². The van der Waals surface area contributed by atoms with Crippen molar-refractivity contribution in [3.8, 4) is 0 Å². The fourth-order valence-electron chi connectivity index (χ4n) is 3.54. The molecule has 0 radical (unpaired) electrons. The normalized spacial score (nSPS) is 35.8. The Morgan fingerprint density at radius 2 is 2.00 bits per heavy atom. The zero-order valence-corrected chi connectivity index (χ0v) is 12.8. The molecule has 2 rings (SSSR count). The molecule has 2 fully saturated rings. The van der Waals surface area contributed by atoms with E-state index in [1.165, 1.54) is 57.7 Å². The largest absolute Gasteiger partial charge is 0.329 e. The van der Waals surface area contributed by atoms with E-state index in [2.05, 4.69) is 35.4 Å². The summed E-state index contributed by atoms with van der Waals surface area (Å²) in [7, 11) is 0. The number of rotatable bonds is 4. The summed E-state index contributed by atoms with van der Waals surface area (Å²) < 4.78 is 0. The van der Waals surface area contributed by atoms with Crippen LogP contribution in [0.15, 0.2) is 0 Å². The topological polar surface area (TPSA) is 32.5 Å². The van der Waals surface area contributed by atoms with Crippen molar-refractivity contribution in [3.63, 3.8) is 0 Å². The van der Waals surface area contributed by atoms with E-state index in [1.807, 2.05) is 0 Å². The minimum Gasteiger partial charge on any atom is -0.329 e. The summed E-state index contributed by atoms with van der Waals surface area (Å²) in [6.07, 6.45) is 3.90. The molecule has 0 amide bonds. The molecule has 0 aliphatic carbocycles. The fourth-order valence-corrected chi connectivity index (χ4v) is 4.88. The first kappa shape index (κ1) is 14.6. The van der Waals surface area contributed by atoms with Crippen LogP contribution in [0.5, 0.6) is 0 Å². The molecule has 4 heteroatoms. The monoisotopic (exact) mass is 271 g/mol. The fraction of sp³-hybridized carbons (Fsp3) is 1.00. The lowest BCUT2D eigenvalue weighted by atomic mass is 9.87. The standard InChI is InChI=1S/C14H29N3S/c1-3-6-16-7-9-17(10-8-16)14(12-15)5-4-11-18-13(14)2/h13H,3-12,15H2,1-2H3. The minimum atomic E-state index is 0.279. The highest BCUT2D eigenvalue weighted by atomic mass is 32.2. The summed E-state index contributed by atoms with van der Waals surface area (Å²) in [6.45, 7) is 11.6. The molecule has 3 nitrogen and oxygen atoms in total. The Kier molecular flexibility index (Phi) is 5.36. The Morgan fingerprint density at radius 3 is 2.56 bits per heavy atom. The van der Waals surface area contributed by atoms with E-state index in [0.29, 0.717) is 5.25 Å². The lowest BCUT2D eigenvalue weighted by Crippen LogP contribution is -2.65. The summed E-state index contributed by atoms with van der Waals surface area (Å²) in [5, 5.41) is 0.689. The highest BCUT2D eigenvalue weighted by Gasteiger charge is 2.43. The molecule has 0 bridgehead atoms. The smallest absolute Gasteiger partial charge is 0.0448 e. The molecule has 0 spiro atoms. The molecule has 2 aliphatic heterocycles. The van der Waals surface area contributed by atoms with Gasteiger partial charge in [0.15, 0.2) is 0 Å². The molecule has 2 saturated heterocycles. The maximum atomic E-state index is 6.18. The SMILES string of the molecule is CCCN1CCN(C2(CN)CCCSC2C)CC1. The Balaban J connectivity index is 1.97. The van der Waals surface area contributed by atoms with Gasteiger partial charge in [-0.25, -0.2) is 0 Å². The van der Waals surface area contributed by atoms with Gasteiger partial charge < -0.3 is 10.6 Å². The highest BCUT2D eigenvalue weighted by molar-refractivity contribution is 8.00. The van der Waals surface area contributed by atoms with E-state index < -0.39 is 0 Å². The van der Waals surface area contributed by atoms with Gasteiger partial charge >= 0.3 is 0 Å². The van der Waals surface area contributed by atoms with E-state index >= 15 is 0 Å². The summed E-state index contributed by atoms with van der Waals surface area (Å²) in [4.78, 5) is 5.30. The Bertz CT molecular complexity index is 253. The molecule has 0 aromatic rings. The first-order chi connectivity index (χ1) is 8.73. The molecular weight excluding hydrogens is 242 g/mol. The van der Waals surface area contributed by atoms with Gasteiger partial charge in [0.2, 0.25) is 0 Å². The van der Waals surface area contributed by atoms with Crippen molar-refractivity contribution in [3.05, 3.63) is 0 Å². The van der Waals surface area contributed by atoms with Crippen molar-refractivity contribution in [2.24, 2.45) is 5.73 Å². The van der Waals surface area contributed by atoms with Crippen LogP contribution in [0.4, 0.5) is 0 Å². The summed E-state index contributed by atoms with van der Waals surface area (Å²) in [6, 6.07) is 0. The second-order valence-electron chi connectivity index (χ2n) is 5.75. The van der Waals surface area contributed by atoms with Crippen LogP contribution in [0.3, 0.4) is 0 Å². The molecular formula is C14H29N3S. The third-order valence-corrected chi connectivity index (χ3v) is 6.24. The average Bonchev–Trinajstić information content (AvgIpc) is 2.41. The molecule has 106 valence electrons. The zero-order chi connectivity index (χ0) is 13.0. The number of hydrogen-bond acceptors (Lipinski definition) is 4. The van der Waals surface area contributed by atoms with Crippen LogP contribution in [0.1, 0.15) is 33.1 Å². The van der Waals surface area contributed by atoms with Crippen LogP contribution >= 0.6 is 11.8 Å². The Hall–Kier alpha value is 0.230. The number of nitrogens with two attached hydrogens (primary N) is 1. The van der Waals surface area contributed by atoms with E-state index in [-0.39, 0.29) is 5.54 Å². The Labute approximate surface area is 116 Å². The van der Waals surface area contributed by atoms with Gasteiger partial charge in [-0.3, -0.25) is 4.90 Å². The van der Waals surface area contributed by atoms with Crippen molar-refractivity contribution in [2.75, 3.05) is 45.0 Å². The van der Waals surface area contributed by atoms with Crippen LogP contribution in [-0.4, -0.2) is 65.6 Å². The Morgan fingerprint density at radius 1 is 1.28 bits per heavy atom. The van der Waals surface area contributed by atoms with Gasteiger partial charge in [0.1, 0.15) is 0 Å². The molecule has 2 aliphatic rings. The summed E-state index contributed by atoms with van der Waals surface area (Å²) in [5.74, 6) is 1.32. The van der Waals surface area contributed by atoms with Gasteiger partial charge in [-0.2, -0.15) is 11.8 Å². The van der Waals surface area contributed by atoms with Crippen molar-refractivity contribution in [1.29, 1.82) is 0 Å². The number of piperazine rings is 1. The number of nitrogens with zero attached hydrogens (tertiary/aromatic N) is 2. The minimum absolute atomic E-state index is 0.279. The molecule has 2 unspecified atom stereocenters. The molecule has 2 N–H and O–H groups in total. The maximum Gasteiger partial charge on any atom is 0.0448 e. The molecule has 2 heterocycles. The molecule has 0 aromatic heterocycles. The van der Waals surface area contributed by atoms with Crippen molar-refractivity contribution in [2.45, 2.75) is 43.9 Å². The zero-order valence-electron chi connectivity index (χ0n) is 12.0. The van der Waals surface area contributed by atoms with Crippen molar-refractivity contribution in [1.82, 2.24) is 9.80 Å². The van der Waals surface area contributed by atoms with Crippen molar-refractivity contribution >= 4 is 11.8 Å². The third kappa shape index (κ3) is 2.87. The summed E-state index contributed by atoms with van der Waals surface area (Å²) >= 11 is 2.12.